The van der Waals surface area contributed by atoms with E-state index in [1.807, 2.05) is 31.2 Å². The fourth-order valence-electron chi connectivity index (χ4n) is 3.21. The molecule has 1 N–H and O–H groups in total. The molecule has 0 radical (unpaired) electrons. The molecule has 1 aromatic rings. The molecular formula is C17H21NO4. The molecule has 5 nitrogen and oxygen atoms in total. The molecule has 1 saturated carbocycles. The van der Waals surface area contributed by atoms with Crippen LogP contribution in [0.4, 0.5) is 0 Å². The number of hydrogen-bond acceptors (Lipinski definition) is 3. The van der Waals surface area contributed by atoms with Crippen molar-refractivity contribution in [3.8, 4) is 5.75 Å². The molecule has 0 saturated heterocycles. The quantitative estimate of drug-likeness (QED) is 0.931. The van der Waals surface area contributed by atoms with E-state index in [0.29, 0.717) is 26.0 Å². The molecule has 1 aliphatic heterocycles. The van der Waals surface area contributed by atoms with Gasteiger partial charge in [-0.2, -0.15) is 0 Å². The van der Waals surface area contributed by atoms with E-state index in [4.69, 9.17) is 4.74 Å². The van der Waals surface area contributed by atoms with Gasteiger partial charge in [-0.25, -0.2) is 0 Å². The number of rotatable bonds is 3. The van der Waals surface area contributed by atoms with Crippen LogP contribution in [0.1, 0.15) is 38.2 Å². The number of carboxylic acid groups (broad SMARTS) is 1. The van der Waals surface area contributed by atoms with Gasteiger partial charge in [-0.15, -0.1) is 0 Å². The van der Waals surface area contributed by atoms with E-state index in [9.17, 15) is 14.7 Å². The normalized spacial score (nSPS) is 22.8. The third-order valence-electron chi connectivity index (χ3n) is 4.90. The van der Waals surface area contributed by atoms with Crippen molar-refractivity contribution >= 4 is 11.9 Å². The molecule has 118 valence electrons. The first-order valence-corrected chi connectivity index (χ1v) is 7.75. The summed E-state index contributed by atoms with van der Waals surface area (Å²) in [5, 5.41) is 9.41. The minimum Gasteiger partial charge on any atom is -0.491 e. The smallest absolute Gasteiger partial charge is 0.310 e. The third kappa shape index (κ3) is 2.56. The van der Waals surface area contributed by atoms with Gasteiger partial charge in [-0.1, -0.05) is 24.6 Å². The van der Waals surface area contributed by atoms with E-state index in [1.54, 1.807) is 4.90 Å². The zero-order valence-corrected chi connectivity index (χ0v) is 12.7. The fourth-order valence-corrected chi connectivity index (χ4v) is 3.21. The summed E-state index contributed by atoms with van der Waals surface area (Å²) in [6.45, 7) is 2.85. The number of para-hydroxylation sites is 1. The summed E-state index contributed by atoms with van der Waals surface area (Å²) < 4.78 is 5.75. The number of amides is 1. The van der Waals surface area contributed by atoms with E-state index in [2.05, 4.69) is 0 Å². The number of carbonyl (C=O) groups is 2. The number of nitrogens with zero attached hydrogens (tertiary/aromatic N) is 1. The third-order valence-corrected chi connectivity index (χ3v) is 4.90. The van der Waals surface area contributed by atoms with Crippen LogP contribution in [0.3, 0.4) is 0 Å². The standard InChI is InChI=1S/C17H21NO4/c1-12-11-22-14-6-3-2-5-13(14)10-18(12)15(19)9-17(16(20)21)7-4-8-17/h2-3,5-6,12H,4,7-11H2,1H3,(H,20,21). The van der Waals surface area contributed by atoms with Gasteiger partial charge in [0.25, 0.3) is 0 Å². The van der Waals surface area contributed by atoms with Crippen LogP contribution in [0.2, 0.25) is 0 Å². The Kier molecular flexibility index (Phi) is 3.81. The number of carboxylic acids is 1. The maximum Gasteiger partial charge on any atom is 0.310 e. The molecule has 3 rings (SSSR count). The second kappa shape index (κ2) is 5.63. The van der Waals surface area contributed by atoms with Crippen LogP contribution < -0.4 is 4.74 Å². The average Bonchev–Trinajstić information content (AvgIpc) is 2.62. The molecule has 0 aromatic heterocycles. The first kappa shape index (κ1) is 14.9. The number of carbonyl (C=O) groups excluding carboxylic acids is 1. The molecule has 1 unspecified atom stereocenters. The molecule has 1 heterocycles. The van der Waals surface area contributed by atoms with Gasteiger partial charge in [0.2, 0.25) is 5.91 Å². The van der Waals surface area contributed by atoms with E-state index in [1.165, 1.54) is 0 Å². The highest BCUT2D eigenvalue weighted by Gasteiger charge is 2.47. The van der Waals surface area contributed by atoms with Crippen LogP contribution in [0.25, 0.3) is 0 Å². The molecule has 0 bridgehead atoms. The van der Waals surface area contributed by atoms with Crippen LogP contribution in [0.15, 0.2) is 24.3 Å². The van der Waals surface area contributed by atoms with Gasteiger partial charge in [0.1, 0.15) is 12.4 Å². The van der Waals surface area contributed by atoms with Crippen molar-refractivity contribution in [2.45, 2.75) is 45.2 Å². The Balaban J connectivity index is 1.78. The predicted octanol–water partition coefficient (Wildman–Crippen LogP) is 2.44. The minimum atomic E-state index is -0.844. The summed E-state index contributed by atoms with van der Waals surface area (Å²) in [4.78, 5) is 25.9. The lowest BCUT2D eigenvalue weighted by Crippen LogP contribution is -2.46. The number of fused-ring (bicyclic) bond motifs is 1. The van der Waals surface area contributed by atoms with Gasteiger partial charge in [0.05, 0.1) is 11.5 Å². The largest absolute Gasteiger partial charge is 0.491 e. The molecule has 5 heteroatoms. The van der Waals surface area contributed by atoms with Gasteiger partial charge in [-0.05, 0) is 25.8 Å². The summed E-state index contributed by atoms with van der Waals surface area (Å²) in [5.41, 5.74) is 0.127. The predicted molar refractivity (Wildman–Crippen MR) is 80.5 cm³/mol. The first-order valence-electron chi connectivity index (χ1n) is 7.75. The van der Waals surface area contributed by atoms with Gasteiger partial charge >= 0.3 is 5.97 Å². The number of hydrogen-bond donors (Lipinski definition) is 1. The van der Waals surface area contributed by atoms with E-state index < -0.39 is 11.4 Å². The Bertz CT molecular complexity index is 594. The van der Waals surface area contributed by atoms with Gasteiger partial charge < -0.3 is 14.7 Å². The van der Waals surface area contributed by atoms with E-state index in [0.717, 1.165) is 17.7 Å². The summed E-state index contributed by atoms with van der Waals surface area (Å²) in [5.74, 6) is -0.123. The topological polar surface area (TPSA) is 66.8 Å². The first-order chi connectivity index (χ1) is 10.5. The van der Waals surface area contributed by atoms with Crippen molar-refractivity contribution in [3.63, 3.8) is 0 Å². The molecule has 22 heavy (non-hydrogen) atoms. The van der Waals surface area contributed by atoms with E-state index >= 15 is 0 Å². The Hall–Kier alpha value is -2.04. The van der Waals surface area contributed by atoms with Crippen LogP contribution in [0, 0.1) is 5.41 Å². The van der Waals surface area contributed by atoms with Crippen molar-refractivity contribution in [1.82, 2.24) is 4.90 Å². The summed E-state index contributed by atoms with van der Waals surface area (Å²) in [6.07, 6.45) is 2.18. The monoisotopic (exact) mass is 303 g/mol. The van der Waals surface area contributed by atoms with Gasteiger partial charge in [0.15, 0.2) is 0 Å². The lowest BCUT2D eigenvalue weighted by atomic mass is 9.66. The highest BCUT2D eigenvalue weighted by Crippen LogP contribution is 2.45. The molecule has 1 amide bonds. The van der Waals surface area contributed by atoms with Crippen LogP contribution in [-0.2, 0) is 16.1 Å². The van der Waals surface area contributed by atoms with Crippen LogP contribution in [0.5, 0.6) is 5.75 Å². The molecular weight excluding hydrogens is 282 g/mol. The highest BCUT2D eigenvalue weighted by atomic mass is 16.5. The van der Waals surface area contributed by atoms with Crippen molar-refractivity contribution in [2.24, 2.45) is 5.41 Å². The number of benzene rings is 1. The maximum absolute atomic E-state index is 12.7. The van der Waals surface area contributed by atoms with Gasteiger partial charge in [0, 0.05) is 18.5 Å². The maximum atomic E-state index is 12.7. The Labute approximate surface area is 129 Å². The highest BCUT2D eigenvalue weighted by molar-refractivity contribution is 5.86. The summed E-state index contributed by atoms with van der Waals surface area (Å²) in [7, 11) is 0. The van der Waals surface area contributed by atoms with Crippen molar-refractivity contribution < 1.29 is 19.4 Å². The minimum absolute atomic E-state index is 0.0641. The molecule has 0 spiro atoms. The lowest BCUT2D eigenvalue weighted by Gasteiger charge is -2.39. The van der Waals surface area contributed by atoms with Crippen molar-refractivity contribution in [1.29, 1.82) is 0 Å². The SMILES string of the molecule is CC1COc2ccccc2CN1C(=O)CC1(C(=O)O)CCC1. The summed E-state index contributed by atoms with van der Waals surface area (Å²) in [6, 6.07) is 7.62. The van der Waals surface area contributed by atoms with Crippen LogP contribution in [-0.4, -0.2) is 34.5 Å². The van der Waals surface area contributed by atoms with E-state index in [-0.39, 0.29) is 18.4 Å². The second-order valence-electron chi connectivity index (χ2n) is 6.41. The zero-order chi connectivity index (χ0) is 15.7. The second-order valence-corrected chi connectivity index (χ2v) is 6.41. The Morgan fingerprint density at radius 2 is 2.09 bits per heavy atom. The summed E-state index contributed by atoms with van der Waals surface area (Å²) >= 11 is 0. The fraction of sp³-hybridized carbons (Fsp3) is 0.529. The Morgan fingerprint density at radius 3 is 2.73 bits per heavy atom. The average molecular weight is 303 g/mol. The van der Waals surface area contributed by atoms with Crippen molar-refractivity contribution in [2.75, 3.05) is 6.61 Å². The van der Waals surface area contributed by atoms with Crippen molar-refractivity contribution in [3.05, 3.63) is 29.8 Å². The molecule has 1 atom stereocenters. The van der Waals surface area contributed by atoms with Crippen LogP contribution >= 0.6 is 0 Å². The Morgan fingerprint density at radius 1 is 1.36 bits per heavy atom. The zero-order valence-electron chi connectivity index (χ0n) is 12.7. The molecule has 1 aliphatic carbocycles. The molecule has 2 aliphatic rings. The molecule has 1 fully saturated rings. The van der Waals surface area contributed by atoms with Gasteiger partial charge in [-0.3, -0.25) is 9.59 Å². The molecule has 1 aromatic carbocycles. The number of ether oxygens (including phenoxy) is 1. The number of aliphatic carboxylic acids is 1. The lowest BCUT2D eigenvalue weighted by molar-refractivity contribution is -0.160.